The number of rotatable bonds is 4. The van der Waals surface area contributed by atoms with Crippen molar-refractivity contribution < 1.29 is 14.0 Å². The highest BCUT2D eigenvalue weighted by Gasteiger charge is 2.48. The predicted octanol–water partition coefficient (Wildman–Crippen LogP) is 2.85. The lowest BCUT2D eigenvalue weighted by Gasteiger charge is -2.22. The Labute approximate surface area is 129 Å². The van der Waals surface area contributed by atoms with Gasteiger partial charge in [0.15, 0.2) is 0 Å². The summed E-state index contributed by atoms with van der Waals surface area (Å²) < 4.78 is 13.1. The Morgan fingerprint density at radius 1 is 1.05 bits per heavy atom. The van der Waals surface area contributed by atoms with Gasteiger partial charge in [0.25, 0.3) is 0 Å². The zero-order valence-corrected chi connectivity index (χ0v) is 12.5. The molecule has 3 rings (SSSR count). The second kappa shape index (κ2) is 6.46. The Balaban J connectivity index is 1.48. The van der Waals surface area contributed by atoms with Crippen LogP contribution in [0.2, 0.25) is 0 Å². The van der Waals surface area contributed by atoms with Gasteiger partial charge in [-0.25, -0.2) is 4.39 Å². The van der Waals surface area contributed by atoms with Crippen molar-refractivity contribution in [1.82, 2.24) is 5.32 Å². The number of hydrogen-bond donors (Lipinski definition) is 2. The molecule has 2 atom stereocenters. The van der Waals surface area contributed by atoms with Crippen LogP contribution in [0.1, 0.15) is 38.5 Å². The monoisotopic (exact) mass is 304 g/mol. The van der Waals surface area contributed by atoms with E-state index in [0.29, 0.717) is 12.1 Å². The first-order valence-electron chi connectivity index (χ1n) is 8.00. The summed E-state index contributed by atoms with van der Waals surface area (Å²) in [7, 11) is 0. The second-order valence-corrected chi connectivity index (χ2v) is 6.29. The Morgan fingerprint density at radius 2 is 1.77 bits per heavy atom. The molecule has 0 saturated heterocycles. The maximum absolute atomic E-state index is 13.1. The molecule has 2 saturated carbocycles. The molecule has 0 bridgehead atoms. The van der Waals surface area contributed by atoms with Crippen LogP contribution in [0.15, 0.2) is 24.3 Å². The van der Waals surface area contributed by atoms with Crippen LogP contribution in [0, 0.1) is 17.7 Å². The van der Waals surface area contributed by atoms with Gasteiger partial charge < -0.3 is 10.6 Å². The first-order valence-corrected chi connectivity index (χ1v) is 8.00. The fraction of sp³-hybridized carbons (Fsp3) is 0.529. The van der Waals surface area contributed by atoms with Crippen molar-refractivity contribution in [2.45, 2.75) is 44.6 Å². The molecule has 0 aromatic heterocycles. The second-order valence-electron chi connectivity index (χ2n) is 6.29. The van der Waals surface area contributed by atoms with E-state index in [1.807, 2.05) is 0 Å². The molecule has 5 heteroatoms. The van der Waals surface area contributed by atoms with Crippen LogP contribution >= 0.6 is 0 Å². The number of anilines is 1. The zero-order chi connectivity index (χ0) is 15.5. The first-order chi connectivity index (χ1) is 10.6. The molecule has 118 valence electrons. The van der Waals surface area contributed by atoms with Crippen LogP contribution in [0.5, 0.6) is 0 Å². The molecule has 0 heterocycles. The third-order valence-corrected chi connectivity index (χ3v) is 4.51. The number of benzene rings is 1. The third-order valence-electron chi connectivity index (χ3n) is 4.51. The van der Waals surface area contributed by atoms with Crippen molar-refractivity contribution in [3.05, 3.63) is 30.1 Å². The van der Waals surface area contributed by atoms with Gasteiger partial charge in [-0.3, -0.25) is 9.59 Å². The molecule has 0 aliphatic heterocycles. The lowest BCUT2D eigenvalue weighted by Crippen LogP contribution is -2.37. The van der Waals surface area contributed by atoms with Crippen molar-refractivity contribution in [2.75, 3.05) is 5.32 Å². The summed E-state index contributed by atoms with van der Waals surface area (Å²) in [6, 6.07) is 6.06. The van der Waals surface area contributed by atoms with Crippen LogP contribution in [-0.4, -0.2) is 17.9 Å². The summed E-state index contributed by atoms with van der Waals surface area (Å²) in [4.78, 5) is 24.2. The molecule has 1 aromatic carbocycles. The highest BCUT2D eigenvalue weighted by Crippen LogP contribution is 2.40. The van der Waals surface area contributed by atoms with E-state index in [0.717, 1.165) is 12.8 Å². The Bertz CT molecular complexity index is 570. The maximum atomic E-state index is 13.1. The fourth-order valence-corrected chi connectivity index (χ4v) is 3.13. The van der Waals surface area contributed by atoms with Gasteiger partial charge in [0.2, 0.25) is 11.8 Å². The number of amides is 2. The van der Waals surface area contributed by atoms with Crippen LogP contribution in [-0.2, 0) is 9.59 Å². The predicted molar refractivity (Wildman–Crippen MR) is 81.6 cm³/mol. The van der Waals surface area contributed by atoms with Crippen LogP contribution in [0.3, 0.4) is 0 Å². The van der Waals surface area contributed by atoms with Crippen molar-refractivity contribution >= 4 is 17.5 Å². The van der Waals surface area contributed by atoms with Gasteiger partial charge >= 0.3 is 0 Å². The average Bonchev–Trinajstić information content (AvgIpc) is 3.29. The van der Waals surface area contributed by atoms with E-state index in [2.05, 4.69) is 10.6 Å². The smallest absolute Gasteiger partial charge is 0.228 e. The van der Waals surface area contributed by atoms with Crippen LogP contribution in [0.25, 0.3) is 0 Å². The van der Waals surface area contributed by atoms with Crippen molar-refractivity contribution in [1.29, 1.82) is 0 Å². The summed E-state index contributed by atoms with van der Waals surface area (Å²) >= 11 is 0. The van der Waals surface area contributed by atoms with Crippen LogP contribution in [0.4, 0.5) is 10.1 Å². The van der Waals surface area contributed by atoms with E-state index in [1.54, 1.807) is 12.1 Å². The summed E-state index contributed by atoms with van der Waals surface area (Å²) in [6.45, 7) is 0. The summed E-state index contributed by atoms with van der Waals surface area (Å²) in [6.07, 6.45) is 6.24. The summed E-state index contributed by atoms with van der Waals surface area (Å²) in [5, 5.41) is 5.73. The molecule has 2 unspecified atom stereocenters. The SMILES string of the molecule is O=C(Nc1cccc(F)c1)C1CC1C(=O)NC1CCCCC1. The normalized spacial score (nSPS) is 24.6. The van der Waals surface area contributed by atoms with Gasteiger partial charge in [-0.15, -0.1) is 0 Å². The molecule has 2 fully saturated rings. The van der Waals surface area contributed by atoms with Gasteiger partial charge in [-0.1, -0.05) is 25.3 Å². The number of halogens is 1. The molecule has 1 aromatic rings. The van der Waals surface area contributed by atoms with E-state index < -0.39 is 0 Å². The molecule has 22 heavy (non-hydrogen) atoms. The largest absolute Gasteiger partial charge is 0.353 e. The zero-order valence-electron chi connectivity index (χ0n) is 12.5. The number of carbonyl (C=O) groups excluding carboxylic acids is 2. The van der Waals surface area contributed by atoms with E-state index in [4.69, 9.17) is 0 Å². The van der Waals surface area contributed by atoms with Crippen molar-refractivity contribution in [2.24, 2.45) is 11.8 Å². The molecule has 0 radical (unpaired) electrons. The molecule has 2 N–H and O–H groups in total. The molecule has 0 spiro atoms. The number of carbonyl (C=O) groups is 2. The highest BCUT2D eigenvalue weighted by atomic mass is 19.1. The molecule has 2 aliphatic carbocycles. The highest BCUT2D eigenvalue weighted by molar-refractivity contribution is 5.99. The number of hydrogen-bond acceptors (Lipinski definition) is 2. The number of nitrogens with one attached hydrogen (secondary N) is 2. The molecular formula is C17H21FN2O2. The standard InChI is InChI=1S/C17H21FN2O2/c18-11-5-4-8-13(9-11)20-17(22)15-10-14(15)16(21)19-12-6-2-1-3-7-12/h4-5,8-9,12,14-15H,1-3,6-7,10H2,(H,19,21)(H,20,22). The first kappa shape index (κ1) is 15.0. The topological polar surface area (TPSA) is 58.2 Å². The molecule has 2 aliphatic rings. The summed E-state index contributed by atoms with van der Waals surface area (Å²) in [5.74, 6) is -1.11. The van der Waals surface area contributed by atoms with Gasteiger partial charge in [0.05, 0.1) is 11.8 Å². The molecule has 2 amide bonds. The third kappa shape index (κ3) is 3.64. The molecule has 4 nitrogen and oxygen atoms in total. The Hall–Kier alpha value is -1.91. The summed E-state index contributed by atoms with van der Waals surface area (Å²) in [5.41, 5.74) is 0.434. The average molecular weight is 304 g/mol. The van der Waals surface area contributed by atoms with E-state index in [-0.39, 0.29) is 35.5 Å². The quantitative estimate of drug-likeness (QED) is 0.898. The van der Waals surface area contributed by atoms with E-state index in [1.165, 1.54) is 31.4 Å². The minimum Gasteiger partial charge on any atom is -0.353 e. The minimum atomic E-state index is -0.389. The van der Waals surface area contributed by atoms with Crippen LogP contribution < -0.4 is 10.6 Å². The van der Waals surface area contributed by atoms with E-state index in [9.17, 15) is 14.0 Å². The maximum Gasteiger partial charge on any atom is 0.228 e. The van der Waals surface area contributed by atoms with Gasteiger partial charge in [-0.2, -0.15) is 0 Å². The Kier molecular flexibility index (Phi) is 4.41. The fourth-order valence-electron chi connectivity index (χ4n) is 3.13. The lowest BCUT2D eigenvalue weighted by molar-refractivity contribution is -0.126. The Morgan fingerprint density at radius 3 is 2.50 bits per heavy atom. The van der Waals surface area contributed by atoms with Crippen molar-refractivity contribution in [3.8, 4) is 0 Å². The van der Waals surface area contributed by atoms with Gasteiger partial charge in [0.1, 0.15) is 5.82 Å². The van der Waals surface area contributed by atoms with Crippen molar-refractivity contribution in [3.63, 3.8) is 0 Å². The minimum absolute atomic E-state index is 0.00806. The lowest BCUT2D eigenvalue weighted by atomic mass is 9.95. The van der Waals surface area contributed by atoms with Gasteiger partial charge in [0, 0.05) is 11.7 Å². The van der Waals surface area contributed by atoms with E-state index >= 15 is 0 Å². The van der Waals surface area contributed by atoms with Gasteiger partial charge in [-0.05, 0) is 37.5 Å². The molecular weight excluding hydrogens is 283 g/mol.